The number of phenols is 1. The number of anilines is 1. The number of benzene rings is 2. The lowest BCUT2D eigenvalue weighted by Crippen LogP contribution is -2.43. The summed E-state index contributed by atoms with van der Waals surface area (Å²) in [7, 11) is 3.69. The fraction of sp³-hybridized carbons (Fsp3) is 0.333. The van der Waals surface area contributed by atoms with E-state index in [2.05, 4.69) is 9.98 Å². The van der Waals surface area contributed by atoms with Gasteiger partial charge in [0.1, 0.15) is 17.8 Å². The number of halogens is 2. The Balaban J connectivity index is 1.50. The molecule has 11 nitrogen and oxygen atoms in total. The minimum Gasteiger partial charge on any atom is -0.504 e. The van der Waals surface area contributed by atoms with Crippen LogP contribution in [0.15, 0.2) is 47.6 Å². The van der Waals surface area contributed by atoms with Crippen molar-refractivity contribution in [3.8, 4) is 28.9 Å². The number of carboxylic acid groups (broad SMARTS) is 1. The minimum atomic E-state index is -1.26. The van der Waals surface area contributed by atoms with Crippen molar-refractivity contribution in [2.75, 3.05) is 25.5 Å². The predicted octanol–water partition coefficient (Wildman–Crippen LogP) is 5.03. The van der Waals surface area contributed by atoms with E-state index < -0.39 is 41.3 Å². The van der Waals surface area contributed by atoms with Gasteiger partial charge in [0.25, 0.3) is 5.88 Å². The van der Waals surface area contributed by atoms with Gasteiger partial charge in [0.15, 0.2) is 17.3 Å². The summed E-state index contributed by atoms with van der Waals surface area (Å²) in [6.45, 7) is 0.548. The van der Waals surface area contributed by atoms with E-state index in [0.29, 0.717) is 18.5 Å². The monoisotopic (exact) mass is 594 g/mol. The van der Waals surface area contributed by atoms with Gasteiger partial charge in [-0.25, -0.2) is 9.37 Å². The maximum Gasteiger partial charge on any atom is 0.308 e. The summed E-state index contributed by atoms with van der Waals surface area (Å²) < 4.78 is 41.9. The maximum absolute atomic E-state index is 15.6. The van der Waals surface area contributed by atoms with Crippen LogP contribution in [-0.4, -0.2) is 64.8 Å². The third-order valence-electron chi connectivity index (χ3n) is 7.85. The van der Waals surface area contributed by atoms with Crippen LogP contribution in [-0.2, 0) is 4.79 Å². The van der Waals surface area contributed by atoms with Crippen LogP contribution in [0.1, 0.15) is 43.0 Å². The Morgan fingerprint density at radius 1 is 1.14 bits per heavy atom. The average Bonchev–Trinajstić information content (AvgIpc) is 3.42. The van der Waals surface area contributed by atoms with Gasteiger partial charge in [0, 0.05) is 42.7 Å². The van der Waals surface area contributed by atoms with Gasteiger partial charge >= 0.3 is 5.97 Å². The number of amidine groups is 1. The molecular weight excluding hydrogens is 562 g/mol. The number of carboxylic acids is 1. The average molecular weight is 595 g/mol. The van der Waals surface area contributed by atoms with Crippen LogP contribution in [0.4, 0.5) is 14.5 Å². The highest BCUT2D eigenvalue weighted by molar-refractivity contribution is 5.95. The van der Waals surface area contributed by atoms with Gasteiger partial charge in [-0.3, -0.25) is 20.1 Å². The molecule has 3 aromatic rings. The van der Waals surface area contributed by atoms with Crippen LogP contribution in [0, 0.1) is 23.0 Å². The highest BCUT2D eigenvalue weighted by Crippen LogP contribution is 2.42. The molecule has 0 saturated heterocycles. The zero-order valence-electron chi connectivity index (χ0n) is 23.6. The normalized spacial score (nSPS) is 20.1. The second kappa shape index (κ2) is 12.2. The highest BCUT2D eigenvalue weighted by atomic mass is 19.1. The summed E-state index contributed by atoms with van der Waals surface area (Å²) in [5.41, 5.74) is 6.95. The second-order valence-corrected chi connectivity index (χ2v) is 10.6. The molecule has 5 rings (SSSR count). The molecule has 5 N–H and O–H groups in total. The quantitative estimate of drug-likeness (QED) is 0.197. The van der Waals surface area contributed by atoms with Crippen LogP contribution in [0.2, 0.25) is 0 Å². The van der Waals surface area contributed by atoms with Gasteiger partial charge in [-0.1, -0.05) is 12.8 Å². The standard InChI is InChI=1S/C30H32F2N6O5/c1-37-12-11-35-28(37)19-14-17(38(2)21-6-4-3-5-18(21)30(40)41)8-10-23(19)42-26-20(31)15-36-29(25(26)32)43-24-13-16(27(33)34)7-9-22(24)39/h7-11,13-15,18,21,28,39H,3-6,12H2,1-2H3,(H3,33,34)(H,40,41). The van der Waals surface area contributed by atoms with Crippen molar-refractivity contribution in [2.45, 2.75) is 37.9 Å². The Morgan fingerprint density at radius 2 is 1.91 bits per heavy atom. The number of aliphatic imine (C=N–C) groups is 1. The number of pyridine rings is 1. The first-order chi connectivity index (χ1) is 20.5. The van der Waals surface area contributed by atoms with Crippen LogP contribution in [0.5, 0.6) is 28.9 Å². The molecule has 226 valence electrons. The molecule has 3 unspecified atom stereocenters. The van der Waals surface area contributed by atoms with E-state index >= 15 is 4.39 Å². The molecule has 2 heterocycles. The number of carbonyl (C=O) groups is 1. The van der Waals surface area contributed by atoms with Crippen molar-refractivity contribution in [2.24, 2.45) is 16.6 Å². The number of phenolic OH excluding ortho intramolecular Hbond substituents is 1. The highest BCUT2D eigenvalue weighted by Gasteiger charge is 2.34. The molecule has 0 spiro atoms. The van der Waals surface area contributed by atoms with Gasteiger partial charge < -0.3 is 30.3 Å². The van der Waals surface area contributed by atoms with E-state index in [1.807, 2.05) is 23.9 Å². The number of nitrogens with zero attached hydrogens (tertiary/aromatic N) is 4. The zero-order chi connectivity index (χ0) is 30.8. The summed E-state index contributed by atoms with van der Waals surface area (Å²) in [6.07, 6.45) is 5.05. The Morgan fingerprint density at radius 3 is 2.60 bits per heavy atom. The summed E-state index contributed by atoms with van der Waals surface area (Å²) in [5.74, 6) is -5.93. The van der Waals surface area contributed by atoms with Crippen LogP contribution in [0.3, 0.4) is 0 Å². The third kappa shape index (κ3) is 6.07. The number of rotatable bonds is 9. The molecule has 2 aliphatic rings. The molecule has 2 aromatic carbocycles. The van der Waals surface area contributed by atoms with Crippen molar-refractivity contribution in [1.29, 1.82) is 5.41 Å². The smallest absolute Gasteiger partial charge is 0.308 e. The van der Waals surface area contributed by atoms with Gasteiger partial charge in [0.05, 0.1) is 12.1 Å². The lowest BCUT2D eigenvalue weighted by Gasteiger charge is -2.37. The summed E-state index contributed by atoms with van der Waals surface area (Å²) in [6, 6.07) is 8.70. The SMILES string of the molecule is CN1CC=NC1c1cc(N(C)C2CCCCC2C(=O)O)ccc1Oc1c(F)cnc(Oc2cc(C(=N)N)ccc2O)c1F. The fourth-order valence-corrected chi connectivity index (χ4v) is 5.49. The number of nitrogen functional groups attached to an aromatic ring is 1. The molecule has 1 aliphatic heterocycles. The number of hydrogen-bond acceptors (Lipinski definition) is 9. The Hall–Kier alpha value is -4.78. The van der Waals surface area contributed by atoms with Crippen molar-refractivity contribution in [3.05, 3.63) is 65.4 Å². The van der Waals surface area contributed by atoms with E-state index in [0.717, 1.165) is 31.1 Å². The second-order valence-electron chi connectivity index (χ2n) is 10.6. The van der Waals surface area contributed by atoms with Gasteiger partial charge in [-0.05, 0) is 56.3 Å². The number of ether oxygens (including phenoxy) is 2. The number of hydrogen-bond donors (Lipinski definition) is 4. The third-order valence-corrected chi connectivity index (χ3v) is 7.85. The molecule has 1 fully saturated rings. The van der Waals surface area contributed by atoms with E-state index in [4.69, 9.17) is 20.6 Å². The van der Waals surface area contributed by atoms with E-state index in [1.165, 1.54) is 18.2 Å². The van der Waals surface area contributed by atoms with Crippen LogP contribution < -0.4 is 20.1 Å². The lowest BCUT2D eigenvalue weighted by atomic mass is 9.83. The van der Waals surface area contributed by atoms with Crippen molar-refractivity contribution in [3.63, 3.8) is 0 Å². The topological polar surface area (TPSA) is 158 Å². The van der Waals surface area contributed by atoms with Crippen LogP contribution in [0.25, 0.3) is 0 Å². The molecule has 0 bridgehead atoms. The Kier molecular flexibility index (Phi) is 8.44. The molecule has 1 aliphatic carbocycles. The minimum absolute atomic E-state index is 0.128. The molecule has 1 aromatic heterocycles. The van der Waals surface area contributed by atoms with Gasteiger partial charge in [-0.15, -0.1) is 0 Å². The van der Waals surface area contributed by atoms with E-state index in [9.17, 15) is 19.4 Å². The molecule has 43 heavy (non-hydrogen) atoms. The molecule has 1 saturated carbocycles. The number of aromatic nitrogens is 1. The summed E-state index contributed by atoms with van der Waals surface area (Å²) >= 11 is 0. The largest absolute Gasteiger partial charge is 0.504 e. The number of nitrogens with two attached hydrogens (primary N) is 1. The number of nitrogens with one attached hydrogen (secondary N) is 1. The number of aliphatic carboxylic acids is 1. The molecular formula is C30H32F2N6O5. The zero-order valence-corrected chi connectivity index (χ0v) is 23.6. The van der Waals surface area contributed by atoms with Crippen molar-refractivity contribution < 1.29 is 33.3 Å². The van der Waals surface area contributed by atoms with Crippen LogP contribution >= 0.6 is 0 Å². The maximum atomic E-state index is 15.6. The van der Waals surface area contributed by atoms with Crippen molar-refractivity contribution >= 4 is 23.7 Å². The van der Waals surface area contributed by atoms with E-state index in [1.54, 1.807) is 24.4 Å². The van der Waals surface area contributed by atoms with E-state index in [-0.39, 0.29) is 34.7 Å². The Labute approximate surface area is 246 Å². The first-order valence-electron chi connectivity index (χ1n) is 13.7. The summed E-state index contributed by atoms with van der Waals surface area (Å²) in [5, 5.41) is 27.6. The first-order valence-corrected chi connectivity index (χ1v) is 13.7. The van der Waals surface area contributed by atoms with Crippen molar-refractivity contribution in [1.82, 2.24) is 9.88 Å². The molecule has 3 atom stereocenters. The van der Waals surface area contributed by atoms with Gasteiger partial charge in [0.2, 0.25) is 11.6 Å². The Bertz CT molecular complexity index is 1580. The predicted molar refractivity (Wildman–Crippen MR) is 156 cm³/mol. The summed E-state index contributed by atoms with van der Waals surface area (Å²) in [4.78, 5) is 24.0. The molecule has 0 radical (unpaired) electrons. The molecule has 0 amide bonds. The molecule has 13 heteroatoms. The fourth-order valence-electron chi connectivity index (χ4n) is 5.49. The first kappa shape index (κ1) is 29.7. The lowest BCUT2D eigenvalue weighted by molar-refractivity contribution is -0.143. The number of aromatic hydroxyl groups is 1. The van der Waals surface area contributed by atoms with Gasteiger partial charge in [-0.2, -0.15) is 4.39 Å².